The second-order valence-corrected chi connectivity index (χ2v) is 9.06. The molecule has 0 fully saturated rings. The van der Waals surface area contributed by atoms with Crippen molar-refractivity contribution in [2.45, 2.75) is 0 Å². The first-order valence-electron chi connectivity index (χ1n) is 10.8. The zero-order valence-electron chi connectivity index (χ0n) is 19.3. The van der Waals surface area contributed by atoms with Crippen molar-refractivity contribution in [2.24, 2.45) is 4.99 Å². The van der Waals surface area contributed by atoms with Crippen LogP contribution >= 0.6 is 22.9 Å². The molecule has 35 heavy (non-hydrogen) atoms. The van der Waals surface area contributed by atoms with Gasteiger partial charge >= 0.3 is 0 Å². The Kier molecular flexibility index (Phi) is 6.23. The molecule has 1 aliphatic rings. The molecule has 0 saturated carbocycles. The molecule has 0 saturated heterocycles. The molecular formula is C26H22ClN3O4S. The van der Waals surface area contributed by atoms with Crippen molar-refractivity contribution in [1.29, 1.82) is 0 Å². The maximum absolute atomic E-state index is 12.2. The van der Waals surface area contributed by atoms with Crippen molar-refractivity contribution in [3.05, 3.63) is 75.9 Å². The molecule has 0 bridgehead atoms. The first-order valence-corrected chi connectivity index (χ1v) is 12.0. The monoisotopic (exact) mass is 507 g/mol. The smallest absolute Gasteiger partial charge is 0.264 e. The molecule has 2 heterocycles. The van der Waals surface area contributed by atoms with E-state index in [0.717, 1.165) is 38.9 Å². The number of thiazole rings is 1. The molecule has 0 aliphatic carbocycles. The number of anilines is 1. The van der Waals surface area contributed by atoms with Gasteiger partial charge in [-0.3, -0.25) is 9.36 Å². The summed E-state index contributed by atoms with van der Waals surface area (Å²) >= 11 is 7.99. The first kappa shape index (κ1) is 23.0. The summed E-state index contributed by atoms with van der Waals surface area (Å²) in [4.78, 5) is 19.5. The van der Waals surface area contributed by atoms with Crippen LogP contribution in [0.4, 0.5) is 11.4 Å². The lowest BCUT2D eigenvalue weighted by atomic mass is 10.1. The summed E-state index contributed by atoms with van der Waals surface area (Å²) in [5, 5.41) is 2.52. The molecule has 5 rings (SSSR count). The second-order valence-electron chi connectivity index (χ2n) is 7.79. The largest absolute Gasteiger partial charge is 0.497 e. The third-order valence-corrected chi connectivity index (χ3v) is 6.77. The third kappa shape index (κ3) is 4.38. The summed E-state index contributed by atoms with van der Waals surface area (Å²) in [5.41, 5.74) is 3.92. The van der Waals surface area contributed by atoms with E-state index in [9.17, 15) is 4.79 Å². The van der Waals surface area contributed by atoms with Crippen LogP contribution in [0.15, 0.2) is 71.0 Å². The Balaban J connectivity index is 1.74. The number of hydrogen-bond donors (Lipinski definition) is 0. The van der Waals surface area contributed by atoms with Crippen molar-refractivity contribution in [2.75, 3.05) is 32.8 Å². The highest BCUT2D eigenvalue weighted by Gasteiger charge is 2.27. The molecule has 0 N–H and O–H groups in total. The summed E-state index contributed by atoms with van der Waals surface area (Å²) in [6.07, 6.45) is 0. The highest BCUT2D eigenvalue weighted by molar-refractivity contribution is 7.07. The fourth-order valence-electron chi connectivity index (χ4n) is 3.86. The maximum atomic E-state index is 12.2. The van der Waals surface area contributed by atoms with E-state index < -0.39 is 0 Å². The van der Waals surface area contributed by atoms with Crippen LogP contribution in [0.2, 0.25) is 5.02 Å². The van der Waals surface area contributed by atoms with Gasteiger partial charge < -0.3 is 19.1 Å². The van der Waals surface area contributed by atoms with Crippen LogP contribution in [-0.2, 0) is 4.79 Å². The number of amides is 1. The lowest BCUT2D eigenvalue weighted by Crippen LogP contribution is -2.35. The first-order chi connectivity index (χ1) is 17.0. The Morgan fingerprint density at radius 2 is 1.66 bits per heavy atom. The van der Waals surface area contributed by atoms with Crippen LogP contribution in [-0.4, -0.2) is 38.3 Å². The summed E-state index contributed by atoms with van der Waals surface area (Å²) in [7, 11) is 4.99. The molecule has 7 nitrogen and oxygen atoms in total. The predicted molar refractivity (Wildman–Crippen MR) is 138 cm³/mol. The highest BCUT2D eigenvalue weighted by Crippen LogP contribution is 2.43. The van der Waals surface area contributed by atoms with Gasteiger partial charge in [0.25, 0.3) is 5.91 Å². The van der Waals surface area contributed by atoms with Gasteiger partial charge in [-0.15, -0.1) is 11.3 Å². The number of ether oxygens (including phenoxy) is 3. The van der Waals surface area contributed by atoms with Gasteiger partial charge in [-0.1, -0.05) is 11.6 Å². The van der Waals surface area contributed by atoms with Crippen LogP contribution in [0.1, 0.15) is 0 Å². The SMILES string of the molecule is COc1ccc(N=c2scc(-c3cc(Cl)cc4c3OCC(=O)N4C)n2-c2ccc(OC)cc2)cc1. The number of carbonyl (C=O) groups is 1. The molecule has 0 spiro atoms. The molecular weight excluding hydrogens is 486 g/mol. The van der Waals surface area contributed by atoms with E-state index in [4.69, 9.17) is 30.8 Å². The average molecular weight is 508 g/mol. The minimum Gasteiger partial charge on any atom is -0.497 e. The van der Waals surface area contributed by atoms with E-state index in [1.54, 1.807) is 32.2 Å². The fraction of sp³-hybridized carbons (Fsp3) is 0.154. The van der Waals surface area contributed by atoms with Crippen molar-refractivity contribution < 1.29 is 19.0 Å². The lowest BCUT2D eigenvalue weighted by Gasteiger charge is -2.28. The third-order valence-electron chi connectivity index (χ3n) is 5.72. The second kappa shape index (κ2) is 9.48. The van der Waals surface area contributed by atoms with Crippen LogP contribution < -0.4 is 23.9 Å². The summed E-state index contributed by atoms with van der Waals surface area (Å²) < 4.78 is 18.6. The van der Waals surface area contributed by atoms with Gasteiger partial charge in [-0.2, -0.15) is 0 Å². The predicted octanol–water partition coefficient (Wildman–Crippen LogP) is 5.46. The Morgan fingerprint density at radius 3 is 2.31 bits per heavy atom. The standard InChI is InChI=1S/C26H22ClN3O4S/c1-29-22-13-16(27)12-21(25(22)34-14-24(29)31)23-15-35-26(28-17-4-8-19(32-2)9-5-17)30(23)18-6-10-20(33-3)11-7-18/h4-13,15H,14H2,1-3H3. The van der Waals surface area contributed by atoms with Gasteiger partial charge in [0, 0.05) is 28.7 Å². The van der Waals surface area contributed by atoms with Gasteiger partial charge in [-0.25, -0.2) is 4.99 Å². The number of halogens is 1. The molecule has 178 valence electrons. The summed E-state index contributed by atoms with van der Waals surface area (Å²) in [5.74, 6) is 1.99. The molecule has 3 aromatic carbocycles. The normalized spacial score (nSPS) is 13.4. The molecule has 1 aliphatic heterocycles. The highest BCUT2D eigenvalue weighted by atomic mass is 35.5. The van der Waals surface area contributed by atoms with Gasteiger partial charge in [0.15, 0.2) is 17.2 Å². The molecule has 1 aromatic heterocycles. The maximum Gasteiger partial charge on any atom is 0.264 e. The van der Waals surface area contributed by atoms with E-state index in [2.05, 4.69) is 0 Å². The van der Waals surface area contributed by atoms with Gasteiger partial charge in [0.2, 0.25) is 0 Å². The quantitative estimate of drug-likeness (QED) is 0.359. The number of fused-ring (bicyclic) bond motifs is 1. The van der Waals surface area contributed by atoms with E-state index in [1.165, 1.54) is 11.3 Å². The van der Waals surface area contributed by atoms with E-state index >= 15 is 0 Å². The van der Waals surface area contributed by atoms with Crippen LogP contribution in [0, 0.1) is 0 Å². The van der Waals surface area contributed by atoms with Crippen LogP contribution in [0.3, 0.4) is 0 Å². The number of methoxy groups -OCH3 is 2. The molecule has 4 aromatic rings. The van der Waals surface area contributed by atoms with Crippen molar-refractivity contribution in [3.8, 4) is 34.2 Å². The number of benzene rings is 3. The van der Waals surface area contributed by atoms with Crippen LogP contribution in [0.5, 0.6) is 17.2 Å². The van der Waals surface area contributed by atoms with Crippen LogP contribution in [0.25, 0.3) is 16.9 Å². The van der Waals surface area contributed by atoms with Gasteiger partial charge in [-0.05, 0) is 60.7 Å². The van der Waals surface area contributed by atoms with E-state index in [1.807, 2.05) is 64.5 Å². The van der Waals surface area contributed by atoms with Gasteiger partial charge in [0.1, 0.15) is 11.5 Å². The molecule has 0 unspecified atom stereocenters. The van der Waals surface area contributed by atoms with Crippen molar-refractivity contribution in [1.82, 2.24) is 4.57 Å². The molecule has 1 amide bonds. The molecule has 9 heteroatoms. The summed E-state index contributed by atoms with van der Waals surface area (Å²) in [6, 6.07) is 18.9. The number of hydrogen-bond acceptors (Lipinski definition) is 6. The van der Waals surface area contributed by atoms with Gasteiger partial charge in [0.05, 0.1) is 31.3 Å². The average Bonchev–Trinajstić information content (AvgIpc) is 3.29. The van der Waals surface area contributed by atoms with E-state index in [0.29, 0.717) is 16.5 Å². The number of rotatable bonds is 5. The van der Waals surface area contributed by atoms with E-state index in [-0.39, 0.29) is 12.5 Å². The lowest BCUT2D eigenvalue weighted by molar-refractivity contribution is -0.120. The Hall–Kier alpha value is -3.75. The number of carbonyl (C=O) groups excluding carboxylic acids is 1. The Morgan fingerprint density at radius 1 is 1.00 bits per heavy atom. The number of likely N-dealkylation sites (N-methyl/N-ethyl adjacent to an activating group) is 1. The minimum atomic E-state index is -0.130. The Labute approximate surface area is 211 Å². The minimum absolute atomic E-state index is 0.0338. The fourth-order valence-corrected chi connectivity index (χ4v) is 4.99. The zero-order chi connectivity index (χ0) is 24.5. The Bertz CT molecular complexity index is 1460. The molecule has 0 radical (unpaired) electrons. The van der Waals surface area contributed by atoms with Crippen molar-refractivity contribution >= 4 is 40.2 Å². The summed E-state index contributed by atoms with van der Waals surface area (Å²) in [6.45, 7) is -0.0338. The number of nitrogens with zero attached hydrogens (tertiary/aromatic N) is 3. The topological polar surface area (TPSA) is 65.3 Å². The zero-order valence-corrected chi connectivity index (χ0v) is 20.9. The van der Waals surface area contributed by atoms with Crippen molar-refractivity contribution in [3.63, 3.8) is 0 Å². The number of aromatic nitrogens is 1. The molecule has 0 atom stereocenters.